The molecule has 18 heavy (non-hydrogen) atoms. The van der Waals surface area contributed by atoms with Gasteiger partial charge in [-0.05, 0) is 57.1 Å². The summed E-state index contributed by atoms with van der Waals surface area (Å²) in [6, 6.07) is 6.52. The molecule has 0 N–H and O–H groups in total. The van der Waals surface area contributed by atoms with Gasteiger partial charge in [0.25, 0.3) is 0 Å². The number of ether oxygens (including phenoxy) is 1. The van der Waals surface area contributed by atoms with E-state index in [0.29, 0.717) is 6.04 Å². The lowest BCUT2D eigenvalue weighted by molar-refractivity contribution is -0.0222. The Balaban J connectivity index is 1.93. The second kappa shape index (κ2) is 4.43. The van der Waals surface area contributed by atoms with E-state index < -0.39 is 0 Å². The van der Waals surface area contributed by atoms with E-state index in [0.717, 1.165) is 23.6 Å². The Labute approximate surface area is 114 Å². The number of halogens is 1. The molecule has 0 radical (unpaired) electrons. The summed E-state index contributed by atoms with van der Waals surface area (Å²) in [7, 11) is 4.33. The molecule has 2 nitrogen and oxygen atoms in total. The van der Waals surface area contributed by atoms with Gasteiger partial charge in [-0.1, -0.05) is 18.0 Å². The lowest BCUT2D eigenvalue weighted by atomic mass is 9.77. The normalized spacial score (nSPS) is 30.6. The third-order valence-electron chi connectivity index (χ3n) is 4.38. The molecule has 1 saturated carbocycles. The number of fused-ring (bicyclic) bond motifs is 1. The number of likely N-dealkylation sites (N-methyl/N-ethyl adjacent to an activating group) is 1. The molecule has 0 bridgehead atoms. The largest absolute Gasteiger partial charge is 0.485 e. The maximum atomic E-state index is 6.36. The summed E-state index contributed by atoms with van der Waals surface area (Å²) in [6.45, 7) is 0. The first-order valence-electron chi connectivity index (χ1n) is 6.75. The summed E-state index contributed by atoms with van der Waals surface area (Å²) < 4.78 is 6.36. The lowest BCUT2D eigenvalue weighted by Crippen LogP contribution is -2.55. The molecule has 1 spiro atoms. The zero-order chi connectivity index (χ0) is 12.8. The molecule has 1 fully saturated rings. The van der Waals surface area contributed by atoms with Crippen LogP contribution < -0.4 is 4.74 Å². The molecular formula is C15H20ClNO. The first-order valence-corrected chi connectivity index (χ1v) is 7.12. The van der Waals surface area contributed by atoms with Crippen LogP contribution in [0.15, 0.2) is 18.2 Å². The minimum atomic E-state index is -0.0191. The van der Waals surface area contributed by atoms with E-state index in [-0.39, 0.29) is 5.60 Å². The van der Waals surface area contributed by atoms with Gasteiger partial charge in [-0.3, -0.25) is 0 Å². The van der Waals surface area contributed by atoms with Gasteiger partial charge in [-0.15, -0.1) is 0 Å². The predicted molar refractivity (Wildman–Crippen MR) is 74.5 cm³/mol. The van der Waals surface area contributed by atoms with Crippen LogP contribution in [0.5, 0.6) is 5.75 Å². The topological polar surface area (TPSA) is 12.5 Å². The summed E-state index contributed by atoms with van der Waals surface area (Å²) in [5.41, 5.74) is 1.26. The number of benzene rings is 1. The molecule has 2 aliphatic rings. The number of hydrogen-bond donors (Lipinski definition) is 0. The fourth-order valence-corrected chi connectivity index (χ4v) is 3.80. The van der Waals surface area contributed by atoms with Crippen molar-refractivity contribution < 1.29 is 4.74 Å². The Morgan fingerprint density at radius 2 is 2.17 bits per heavy atom. The third-order valence-corrected chi connectivity index (χ3v) is 4.62. The van der Waals surface area contributed by atoms with Crippen molar-refractivity contribution in [2.75, 3.05) is 14.1 Å². The Bertz CT molecular complexity index is 460. The van der Waals surface area contributed by atoms with Crippen molar-refractivity contribution in [1.29, 1.82) is 0 Å². The van der Waals surface area contributed by atoms with Gasteiger partial charge >= 0.3 is 0 Å². The minimum absolute atomic E-state index is 0.0191. The van der Waals surface area contributed by atoms with E-state index in [2.05, 4.69) is 25.1 Å². The smallest absolute Gasteiger partial charge is 0.129 e. The van der Waals surface area contributed by atoms with Crippen molar-refractivity contribution in [3.8, 4) is 5.75 Å². The zero-order valence-corrected chi connectivity index (χ0v) is 11.8. The highest BCUT2D eigenvalue weighted by molar-refractivity contribution is 6.30. The fourth-order valence-electron chi connectivity index (χ4n) is 3.61. The highest BCUT2D eigenvalue weighted by Crippen LogP contribution is 2.45. The van der Waals surface area contributed by atoms with Crippen molar-refractivity contribution in [1.82, 2.24) is 4.90 Å². The first kappa shape index (κ1) is 12.3. The molecule has 98 valence electrons. The quantitative estimate of drug-likeness (QED) is 0.770. The van der Waals surface area contributed by atoms with Crippen molar-refractivity contribution in [3.63, 3.8) is 0 Å². The van der Waals surface area contributed by atoms with E-state index in [1.165, 1.54) is 24.8 Å². The van der Waals surface area contributed by atoms with E-state index in [4.69, 9.17) is 16.3 Å². The lowest BCUT2D eigenvalue weighted by Gasteiger charge is -2.44. The van der Waals surface area contributed by atoms with E-state index in [1.54, 1.807) is 0 Å². The molecule has 1 heterocycles. The van der Waals surface area contributed by atoms with Gasteiger partial charge in [0.2, 0.25) is 0 Å². The summed E-state index contributed by atoms with van der Waals surface area (Å²) in [4.78, 5) is 2.33. The maximum Gasteiger partial charge on any atom is 0.129 e. The molecule has 1 aromatic carbocycles. The Morgan fingerprint density at radius 1 is 1.33 bits per heavy atom. The van der Waals surface area contributed by atoms with Gasteiger partial charge in [-0.2, -0.15) is 0 Å². The van der Waals surface area contributed by atoms with Crippen molar-refractivity contribution in [2.45, 2.75) is 43.7 Å². The van der Waals surface area contributed by atoms with Crippen LogP contribution in [0.4, 0.5) is 0 Å². The van der Waals surface area contributed by atoms with Crippen LogP contribution in [-0.2, 0) is 6.42 Å². The summed E-state index contributed by atoms with van der Waals surface area (Å²) in [6.07, 6.45) is 5.97. The Hall–Kier alpha value is -0.730. The molecule has 3 rings (SSSR count). The van der Waals surface area contributed by atoms with Gasteiger partial charge in [0.05, 0.1) is 0 Å². The predicted octanol–water partition coefficient (Wildman–Crippen LogP) is 3.52. The standard InChI is InChI=1S/C15H20ClNO/c1-17(2)14-5-3-4-8-15(14)10-11-9-12(16)6-7-13(11)18-15/h6-7,9,14H,3-5,8,10H2,1-2H3. The Morgan fingerprint density at radius 3 is 2.94 bits per heavy atom. The van der Waals surface area contributed by atoms with Gasteiger partial charge < -0.3 is 9.64 Å². The average Bonchev–Trinajstić information content (AvgIpc) is 2.66. The summed E-state index contributed by atoms with van der Waals surface area (Å²) >= 11 is 6.08. The van der Waals surface area contributed by atoms with Crippen LogP contribution in [0, 0.1) is 0 Å². The number of rotatable bonds is 1. The van der Waals surface area contributed by atoms with Crippen LogP contribution in [0.1, 0.15) is 31.2 Å². The van der Waals surface area contributed by atoms with Crippen molar-refractivity contribution >= 4 is 11.6 Å². The molecule has 3 heteroatoms. The van der Waals surface area contributed by atoms with E-state index in [1.807, 2.05) is 12.1 Å². The monoisotopic (exact) mass is 265 g/mol. The first-order chi connectivity index (χ1) is 8.61. The highest BCUT2D eigenvalue weighted by Gasteiger charge is 2.48. The molecule has 2 atom stereocenters. The average molecular weight is 266 g/mol. The van der Waals surface area contributed by atoms with Crippen molar-refractivity contribution in [2.24, 2.45) is 0 Å². The van der Waals surface area contributed by atoms with Crippen LogP contribution in [0.25, 0.3) is 0 Å². The zero-order valence-electron chi connectivity index (χ0n) is 11.1. The molecule has 0 amide bonds. The van der Waals surface area contributed by atoms with Gasteiger partial charge in [0.15, 0.2) is 0 Å². The molecule has 2 unspecified atom stereocenters. The number of hydrogen-bond acceptors (Lipinski definition) is 2. The Kier molecular flexibility index (Phi) is 3.03. The second-order valence-electron chi connectivity index (χ2n) is 5.82. The van der Waals surface area contributed by atoms with E-state index in [9.17, 15) is 0 Å². The van der Waals surface area contributed by atoms with Crippen molar-refractivity contribution in [3.05, 3.63) is 28.8 Å². The summed E-state index contributed by atoms with van der Waals surface area (Å²) in [5, 5.41) is 0.812. The van der Waals surface area contributed by atoms with Gasteiger partial charge in [0, 0.05) is 17.5 Å². The molecule has 1 aromatic rings. The third kappa shape index (κ3) is 1.92. The van der Waals surface area contributed by atoms with Crippen LogP contribution >= 0.6 is 11.6 Å². The fraction of sp³-hybridized carbons (Fsp3) is 0.600. The molecule has 1 aliphatic heterocycles. The van der Waals surface area contributed by atoms with Crippen LogP contribution in [-0.4, -0.2) is 30.6 Å². The summed E-state index contributed by atoms with van der Waals surface area (Å²) in [5.74, 6) is 1.04. The van der Waals surface area contributed by atoms with Gasteiger partial charge in [0.1, 0.15) is 11.4 Å². The minimum Gasteiger partial charge on any atom is -0.485 e. The molecule has 0 saturated heterocycles. The molecule has 0 aromatic heterocycles. The number of nitrogens with zero attached hydrogens (tertiary/aromatic N) is 1. The maximum absolute atomic E-state index is 6.36. The van der Waals surface area contributed by atoms with E-state index >= 15 is 0 Å². The van der Waals surface area contributed by atoms with Gasteiger partial charge in [-0.25, -0.2) is 0 Å². The highest BCUT2D eigenvalue weighted by atomic mass is 35.5. The molecule has 1 aliphatic carbocycles. The molecular weight excluding hydrogens is 246 g/mol. The SMILES string of the molecule is CN(C)C1CCCCC12Cc1cc(Cl)ccc1O2. The van der Waals surface area contributed by atoms with Crippen LogP contribution in [0.3, 0.4) is 0 Å². The van der Waals surface area contributed by atoms with Crippen LogP contribution in [0.2, 0.25) is 5.02 Å². The second-order valence-corrected chi connectivity index (χ2v) is 6.26.